The van der Waals surface area contributed by atoms with Gasteiger partial charge in [0.15, 0.2) is 5.65 Å². The number of rotatable bonds is 3. The third-order valence-electron chi connectivity index (χ3n) is 4.97. The molecule has 0 spiro atoms. The lowest BCUT2D eigenvalue weighted by atomic mass is 10.3. The number of morpholine rings is 1. The number of piperazine rings is 1. The number of aryl methyl sites for hydroxylation is 1. The van der Waals surface area contributed by atoms with Crippen LogP contribution in [0.25, 0.3) is 11.0 Å². The Bertz CT molecular complexity index is 702. The molecule has 2 aliphatic rings. The molecule has 8 nitrogen and oxygen atoms in total. The monoisotopic (exact) mass is 331 g/mol. The van der Waals surface area contributed by atoms with Gasteiger partial charge >= 0.3 is 0 Å². The largest absolute Gasteiger partial charge is 0.378 e. The Morgan fingerprint density at radius 3 is 2.46 bits per heavy atom. The summed E-state index contributed by atoms with van der Waals surface area (Å²) in [6, 6.07) is 0. The molecule has 0 radical (unpaired) electrons. The number of hydrogen-bond acceptors (Lipinski definition) is 7. The molecule has 130 valence electrons. The molecule has 24 heavy (non-hydrogen) atoms. The van der Waals surface area contributed by atoms with Crippen LogP contribution in [0.4, 0.5) is 11.8 Å². The summed E-state index contributed by atoms with van der Waals surface area (Å²) in [7, 11) is 1.94. The van der Waals surface area contributed by atoms with E-state index in [0.29, 0.717) is 0 Å². The Hall–Kier alpha value is -1.93. The smallest absolute Gasteiger partial charge is 0.229 e. The highest BCUT2D eigenvalue weighted by Gasteiger charge is 2.23. The summed E-state index contributed by atoms with van der Waals surface area (Å²) in [6.45, 7) is 10.6. The molecule has 4 heterocycles. The van der Waals surface area contributed by atoms with Crippen molar-refractivity contribution in [1.82, 2.24) is 24.6 Å². The van der Waals surface area contributed by atoms with Crippen molar-refractivity contribution in [3.8, 4) is 0 Å². The number of fused-ring (bicyclic) bond motifs is 1. The van der Waals surface area contributed by atoms with Crippen molar-refractivity contribution >= 4 is 22.8 Å². The van der Waals surface area contributed by atoms with Crippen molar-refractivity contribution in [2.75, 3.05) is 68.8 Å². The Morgan fingerprint density at radius 2 is 1.75 bits per heavy atom. The van der Waals surface area contributed by atoms with Crippen LogP contribution >= 0.6 is 0 Å². The van der Waals surface area contributed by atoms with Gasteiger partial charge in [-0.2, -0.15) is 15.1 Å². The van der Waals surface area contributed by atoms with Crippen LogP contribution in [0.15, 0.2) is 6.20 Å². The van der Waals surface area contributed by atoms with Crippen LogP contribution < -0.4 is 9.80 Å². The van der Waals surface area contributed by atoms with E-state index in [4.69, 9.17) is 14.7 Å². The highest BCUT2D eigenvalue weighted by atomic mass is 16.5. The van der Waals surface area contributed by atoms with Crippen molar-refractivity contribution < 1.29 is 4.74 Å². The van der Waals surface area contributed by atoms with Gasteiger partial charge in [0.1, 0.15) is 5.82 Å². The van der Waals surface area contributed by atoms with Crippen molar-refractivity contribution in [2.45, 2.75) is 6.92 Å². The Balaban J connectivity index is 1.70. The lowest BCUT2D eigenvalue weighted by Gasteiger charge is -2.35. The zero-order chi connectivity index (χ0) is 16.5. The number of nitrogens with zero attached hydrogens (tertiary/aromatic N) is 7. The summed E-state index contributed by atoms with van der Waals surface area (Å²) in [4.78, 5) is 16.8. The minimum absolute atomic E-state index is 0.733. The second kappa shape index (κ2) is 6.52. The first-order chi connectivity index (χ1) is 11.8. The average molecular weight is 331 g/mol. The van der Waals surface area contributed by atoms with Crippen LogP contribution in [0.3, 0.4) is 0 Å². The molecular weight excluding hydrogens is 306 g/mol. The van der Waals surface area contributed by atoms with Crippen molar-refractivity contribution in [3.05, 3.63) is 6.20 Å². The van der Waals surface area contributed by atoms with Gasteiger partial charge in [0.25, 0.3) is 0 Å². The van der Waals surface area contributed by atoms with Gasteiger partial charge in [-0.05, 0) is 6.54 Å². The van der Waals surface area contributed by atoms with Crippen LogP contribution in [-0.2, 0) is 11.8 Å². The molecule has 2 aromatic rings. The topological polar surface area (TPSA) is 62.6 Å². The van der Waals surface area contributed by atoms with Crippen LogP contribution in [0.1, 0.15) is 6.92 Å². The third kappa shape index (κ3) is 2.80. The number of anilines is 2. The summed E-state index contributed by atoms with van der Waals surface area (Å²) < 4.78 is 7.30. The van der Waals surface area contributed by atoms with E-state index in [0.717, 1.165) is 81.8 Å². The molecule has 2 aliphatic heterocycles. The Morgan fingerprint density at radius 1 is 1.00 bits per heavy atom. The van der Waals surface area contributed by atoms with Crippen molar-refractivity contribution in [2.24, 2.45) is 7.05 Å². The van der Waals surface area contributed by atoms with E-state index in [-0.39, 0.29) is 0 Å². The molecule has 4 rings (SSSR count). The second-order valence-electron chi connectivity index (χ2n) is 6.37. The predicted octanol–water partition coefficient (Wildman–Crippen LogP) is 0.342. The highest BCUT2D eigenvalue weighted by Crippen LogP contribution is 2.27. The van der Waals surface area contributed by atoms with Crippen molar-refractivity contribution in [3.63, 3.8) is 0 Å². The van der Waals surface area contributed by atoms with Gasteiger partial charge in [0.05, 0.1) is 24.8 Å². The number of likely N-dealkylation sites (N-methyl/N-ethyl adjacent to an activating group) is 1. The summed E-state index contributed by atoms with van der Waals surface area (Å²) >= 11 is 0. The van der Waals surface area contributed by atoms with Crippen LogP contribution in [0, 0.1) is 0 Å². The number of hydrogen-bond donors (Lipinski definition) is 0. The summed E-state index contributed by atoms with van der Waals surface area (Å²) in [6.07, 6.45) is 1.89. The first-order valence-corrected chi connectivity index (χ1v) is 8.76. The quantitative estimate of drug-likeness (QED) is 0.804. The lowest BCUT2D eigenvalue weighted by Crippen LogP contribution is -2.46. The van der Waals surface area contributed by atoms with E-state index in [9.17, 15) is 0 Å². The second-order valence-corrected chi connectivity index (χ2v) is 6.37. The summed E-state index contributed by atoms with van der Waals surface area (Å²) in [5.41, 5.74) is 0.902. The van der Waals surface area contributed by atoms with Gasteiger partial charge in [0, 0.05) is 46.3 Å². The lowest BCUT2D eigenvalue weighted by molar-refractivity contribution is 0.122. The number of aromatic nitrogens is 4. The fourth-order valence-electron chi connectivity index (χ4n) is 3.42. The van der Waals surface area contributed by atoms with E-state index in [2.05, 4.69) is 26.7 Å². The first kappa shape index (κ1) is 15.6. The summed E-state index contributed by atoms with van der Waals surface area (Å²) in [5.74, 6) is 1.81. The van der Waals surface area contributed by atoms with Crippen LogP contribution in [-0.4, -0.2) is 83.7 Å². The summed E-state index contributed by atoms with van der Waals surface area (Å²) in [5, 5.41) is 5.44. The molecule has 2 aromatic heterocycles. The predicted molar refractivity (Wildman–Crippen MR) is 93.7 cm³/mol. The average Bonchev–Trinajstić information content (AvgIpc) is 3.03. The molecular formula is C16H25N7O. The molecule has 2 fully saturated rings. The van der Waals surface area contributed by atoms with Gasteiger partial charge in [-0.1, -0.05) is 6.92 Å². The van der Waals surface area contributed by atoms with E-state index in [1.165, 1.54) is 0 Å². The fraction of sp³-hybridized carbons (Fsp3) is 0.688. The molecule has 0 N–H and O–H groups in total. The minimum atomic E-state index is 0.733. The first-order valence-electron chi connectivity index (χ1n) is 8.76. The zero-order valence-corrected chi connectivity index (χ0v) is 14.5. The minimum Gasteiger partial charge on any atom is -0.378 e. The van der Waals surface area contributed by atoms with Crippen LogP contribution in [0.5, 0.6) is 0 Å². The van der Waals surface area contributed by atoms with Gasteiger partial charge in [-0.25, -0.2) is 0 Å². The molecule has 2 saturated heterocycles. The maximum Gasteiger partial charge on any atom is 0.229 e. The van der Waals surface area contributed by atoms with Gasteiger partial charge < -0.3 is 19.4 Å². The highest BCUT2D eigenvalue weighted by molar-refractivity contribution is 5.88. The van der Waals surface area contributed by atoms with Gasteiger partial charge in [-0.15, -0.1) is 0 Å². The fourth-order valence-corrected chi connectivity index (χ4v) is 3.42. The molecule has 0 aliphatic carbocycles. The normalized spacial score (nSPS) is 20.1. The van der Waals surface area contributed by atoms with Crippen molar-refractivity contribution in [1.29, 1.82) is 0 Å². The molecule has 0 atom stereocenters. The maximum absolute atomic E-state index is 5.46. The molecule has 0 unspecified atom stereocenters. The van der Waals surface area contributed by atoms with E-state index in [1.54, 1.807) is 0 Å². The molecule has 0 aromatic carbocycles. The van der Waals surface area contributed by atoms with E-state index in [1.807, 2.05) is 17.9 Å². The third-order valence-corrected chi connectivity index (χ3v) is 4.97. The Labute approximate surface area is 142 Å². The number of ether oxygens (including phenoxy) is 1. The molecule has 8 heteroatoms. The Kier molecular flexibility index (Phi) is 4.24. The SMILES string of the molecule is CCN1CCN(c2nc(N3CCOCC3)nc3c2cnn3C)CC1. The standard InChI is InChI=1S/C16H25N7O/c1-3-21-4-6-22(7-5-21)15-13-12-17-20(2)14(13)18-16(19-15)23-8-10-24-11-9-23/h12H,3-11H2,1-2H3. The maximum atomic E-state index is 5.46. The van der Waals surface area contributed by atoms with Gasteiger partial charge in [-0.3, -0.25) is 4.68 Å². The van der Waals surface area contributed by atoms with Crippen LogP contribution in [0.2, 0.25) is 0 Å². The zero-order valence-electron chi connectivity index (χ0n) is 14.5. The molecule has 0 bridgehead atoms. The van der Waals surface area contributed by atoms with E-state index >= 15 is 0 Å². The molecule has 0 amide bonds. The van der Waals surface area contributed by atoms with E-state index < -0.39 is 0 Å². The molecule has 0 saturated carbocycles. The van der Waals surface area contributed by atoms with Gasteiger partial charge in [0.2, 0.25) is 5.95 Å².